The van der Waals surface area contributed by atoms with Crippen molar-refractivity contribution in [1.29, 1.82) is 0 Å². The number of benzene rings is 1. The molecule has 2 heteroatoms. The van der Waals surface area contributed by atoms with Gasteiger partial charge in [-0.2, -0.15) is 0 Å². The van der Waals surface area contributed by atoms with Crippen LogP contribution in [0.1, 0.15) is 31.2 Å². The number of likely N-dealkylation sites (tertiary alicyclic amines) is 2. The van der Waals surface area contributed by atoms with Crippen LogP contribution < -0.4 is 0 Å². The van der Waals surface area contributed by atoms with E-state index in [0.717, 1.165) is 12.6 Å². The summed E-state index contributed by atoms with van der Waals surface area (Å²) < 4.78 is 0. The molecular formula is C18H26N2. The minimum absolute atomic E-state index is 0.816. The molecular weight excluding hydrogens is 244 g/mol. The maximum atomic E-state index is 2.72. The Bertz CT molecular complexity index is 420. The predicted octanol–water partition coefficient (Wildman–Crippen LogP) is 3.26. The van der Waals surface area contributed by atoms with Gasteiger partial charge >= 0.3 is 0 Å². The van der Waals surface area contributed by atoms with E-state index in [9.17, 15) is 0 Å². The van der Waals surface area contributed by atoms with E-state index < -0.39 is 0 Å². The Morgan fingerprint density at radius 1 is 1.00 bits per heavy atom. The fourth-order valence-electron chi connectivity index (χ4n) is 3.50. The van der Waals surface area contributed by atoms with Crippen LogP contribution in [0.15, 0.2) is 36.4 Å². The van der Waals surface area contributed by atoms with Gasteiger partial charge in [-0.3, -0.25) is 9.80 Å². The number of hydrogen-bond acceptors (Lipinski definition) is 2. The molecule has 108 valence electrons. The van der Waals surface area contributed by atoms with Crippen molar-refractivity contribution < 1.29 is 0 Å². The third-order valence-electron chi connectivity index (χ3n) is 4.61. The molecule has 1 aromatic carbocycles. The van der Waals surface area contributed by atoms with E-state index in [2.05, 4.69) is 52.3 Å². The topological polar surface area (TPSA) is 6.48 Å². The smallest absolute Gasteiger partial charge is 0.0223 e. The molecule has 2 aliphatic rings. The van der Waals surface area contributed by atoms with E-state index in [1.165, 1.54) is 57.4 Å². The zero-order chi connectivity index (χ0) is 13.6. The second kappa shape index (κ2) is 7.05. The molecule has 0 saturated carbocycles. The van der Waals surface area contributed by atoms with E-state index in [0.29, 0.717) is 0 Å². The van der Waals surface area contributed by atoms with Gasteiger partial charge in [0.15, 0.2) is 0 Å². The van der Waals surface area contributed by atoms with Crippen molar-refractivity contribution in [3.8, 4) is 0 Å². The van der Waals surface area contributed by atoms with E-state index in [1.54, 1.807) is 0 Å². The van der Waals surface area contributed by atoms with Gasteiger partial charge in [0.2, 0.25) is 0 Å². The van der Waals surface area contributed by atoms with Crippen LogP contribution in [0.25, 0.3) is 6.08 Å². The van der Waals surface area contributed by atoms with Gasteiger partial charge in [0.1, 0.15) is 0 Å². The summed E-state index contributed by atoms with van der Waals surface area (Å²) in [5.41, 5.74) is 1.31. The largest absolute Gasteiger partial charge is 0.299 e. The lowest BCUT2D eigenvalue weighted by Crippen LogP contribution is -2.46. The molecule has 2 nitrogen and oxygen atoms in total. The van der Waals surface area contributed by atoms with Crippen LogP contribution in [-0.4, -0.2) is 48.6 Å². The average Bonchev–Trinajstić information content (AvgIpc) is 3.03. The van der Waals surface area contributed by atoms with Crippen LogP contribution in [0.4, 0.5) is 0 Å². The zero-order valence-corrected chi connectivity index (χ0v) is 12.4. The predicted molar refractivity (Wildman–Crippen MR) is 85.7 cm³/mol. The van der Waals surface area contributed by atoms with Crippen molar-refractivity contribution in [2.45, 2.75) is 31.7 Å². The summed E-state index contributed by atoms with van der Waals surface area (Å²) in [6, 6.07) is 11.4. The molecule has 2 fully saturated rings. The molecule has 0 aromatic heterocycles. The highest BCUT2D eigenvalue weighted by molar-refractivity contribution is 5.48. The van der Waals surface area contributed by atoms with E-state index in [4.69, 9.17) is 0 Å². The number of rotatable bonds is 4. The summed E-state index contributed by atoms with van der Waals surface area (Å²) in [4.78, 5) is 5.33. The zero-order valence-electron chi connectivity index (χ0n) is 12.4. The monoisotopic (exact) mass is 270 g/mol. The first-order chi connectivity index (χ1) is 9.92. The maximum absolute atomic E-state index is 2.72. The highest BCUT2D eigenvalue weighted by Crippen LogP contribution is 2.20. The SMILES string of the molecule is C(=C\c1ccccc1)/CN1CCCC(N2CCCC2)C1. The third kappa shape index (κ3) is 3.71. The molecule has 1 aromatic rings. The molecule has 0 spiro atoms. The van der Waals surface area contributed by atoms with Crippen LogP contribution in [0.3, 0.4) is 0 Å². The van der Waals surface area contributed by atoms with Gasteiger partial charge in [-0.05, 0) is 50.9 Å². The second-order valence-corrected chi connectivity index (χ2v) is 6.11. The molecule has 0 amide bonds. The van der Waals surface area contributed by atoms with Gasteiger partial charge in [0.05, 0.1) is 0 Å². The summed E-state index contributed by atoms with van der Waals surface area (Å²) in [5, 5.41) is 0. The van der Waals surface area contributed by atoms with Gasteiger partial charge in [-0.1, -0.05) is 42.5 Å². The van der Waals surface area contributed by atoms with Gasteiger partial charge in [-0.25, -0.2) is 0 Å². The van der Waals surface area contributed by atoms with Crippen molar-refractivity contribution in [3.63, 3.8) is 0 Å². The van der Waals surface area contributed by atoms with Gasteiger partial charge in [0.25, 0.3) is 0 Å². The Kier molecular flexibility index (Phi) is 4.88. The molecule has 2 aliphatic heterocycles. The van der Waals surface area contributed by atoms with E-state index in [-0.39, 0.29) is 0 Å². The van der Waals surface area contributed by atoms with Crippen molar-refractivity contribution in [3.05, 3.63) is 42.0 Å². The minimum atomic E-state index is 0.816. The standard InChI is InChI=1S/C18H26N2/c1-2-8-17(9-3-1)10-6-12-19-13-7-11-18(16-19)20-14-4-5-15-20/h1-3,6,8-10,18H,4-5,7,11-16H2/b10-6+. The Morgan fingerprint density at radius 2 is 1.80 bits per heavy atom. The van der Waals surface area contributed by atoms with Crippen molar-refractivity contribution >= 4 is 6.08 Å². The Balaban J connectivity index is 1.49. The molecule has 0 radical (unpaired) electrons. The highest BCUT2D eigenvalue weighted by atomic mass is 15.2. The minimum Gasteiger partial charge on any atom is -0.299 e. The quantitative estimate of drug-likeness (QED) is 0.828. The van der Waals surface area contributed by atoms with Gasteiger partial charge in [-0.15, -0.1) is 0 Å². The normalized spacial score (nSPS) is 25.5. The fourth-order valence-corrected chi connectivity index (χ4v) is 3.50. The van der Waals surface area contributed by atoms with Gasteiger partial charge < -0.3 is 0 Å². The third-order valence-corrected chi connectivity index (χ3v) is 4.61. The van der Waals surface area contributed by atoms with Crippen LogP contribution in [0.5, 0.6) is 0 Å². The lowest BCUT2D eigenvalue weighted by molar-refractivity contribution is 0.124. The van der Waals surface area contributed by atoms with Gasteiger partial charge in [0, 0.05) is 19.1 Å². The van der Waals surface area contributed by atoms with Crippen LogP contribution in [0, 0.1) is 0 Å². The molecule has 0 aliphatic carbocycles. The molecule has 2 saturated heterocycles. The first-order valence-electron chi connectivity index (χ1n) is 8.10. The highest BCUT2D eigenvalue weighted by Gasteiger charge is 2.26. The second-order valence-electron chi connectivity index (χ2n) is 6.11. The van der Waals surface area contributed by atoms with Crippen molar-refractivity contribution in [2.75, 3.05) is 32.7 Å². The number of piperidine rings is 1. The fraction of sp³-hybridized carbons (Fsp3) is 0.556. The number of nitrogens with zero attached hydrogens (tertiary/aromatic N) is 2. The first kappa shape index (κ1) is 13.8. The summed E-state index contributed by atoms with van der Waals surface area (Å²) in [5.74, 6) is 0. The summed E-state index contributed by atoms with van der Waals surface area (Å²) in [6.07, 6.45) is 10.1. The molecule has 3 rings (SSSR count). The maximum Gasteiger partial charge on any atom is 0.0223 e. The number of hydrogen-bond donors (Lipinski definition) is 0. The Morgan fingerprint density at radius 3 is 2.60 bits per heavy atom. The van der Waals surface area contributed by atoms with E-state index in [1.807, 2.05) is 0 Å². The summed E-state index contributed by atoms with van der Waals surface area (Å²) in [6.45, 7) is 6.29. The van der Waals surface area contributed by atoms with E-state index >= 15 is 0 Å². The molecule has 1 unspecified atom stereocenters. The average molecular weight is 270 g/mol. The summed E-state index contributed by atoms with van der Waals surface area (Å²) >= 11 is 0. The van der Waals surface area contributed by atoms with Crippen LogP contribution in [-0.2, 0) is 0 Å². The Labute approximate surface area is 123 Å². The first-order valence-corrected chi connectivity index (χ1v) is 8.10. The molecule has 0 bridgehead atoms. The molecule has 0 N–H and O–H groups in total. The molecule has 1 atom stereocenters. The molecule has 20 heavy (non-hydrogen) atoms. The Hall–Kier alpha value is -1.12. The van der Waals surface area contributed by atoms with Crippen LogP contribution in [0.2, 0.25) is 0 Å². The lowest BCUT2D eigenvalue weighted by Gasteiger charge is -2.37. The molecule has 2 heterocycles. The summed E-state index contributed by atoms with van der Waals surface area (Å²) in [7, 11) is 0. The lowest BCUT2D eigenvalue weighted by atomic mass is 10.0. The van der Waals surface area contributed by atoms with Crippen molar-refractivity contribution in [1.82, 2.24) is 9.80 Å². The van der Waals surface area contributed by atoms with Crippen LogP contribution >= 0.6 is 0 Å². The van der Waals surface area contributed by atoms with Crippen molar-refractivity contribution in [2.24, 2.45) is 0 Å².